The summed E-state index contributed by atoms with van der Waals surface area (Å²) in [6, 6.07) is 6.38. The molecule has 3 heteroatoms. The number of nitriles is 1. The lowest BCUT2D eigenvalue weighted by molar-refractivity contribution is 0.385. The summed E-state index contributed by atoms with van der Waals surface area (Å²) in [7, 11) is 1.39. The Bertz CT molecular complexity index is 366. The summed E-state index contributed by atoms with van der Waals surface area (Å²) >= 11 is 0. The third-order valence-corrected chi connectivity index (χ3v) is 1.54. The van der Waals surface area contributed by atoms with Crippen LogP contribution in [0.2, 0.25) is 0 Å². The van der Waals surface area contributed by atoms with E-state index >= 15 is 0 Å². The van der Waals surface area contributed by atoms with Gasteiger partial charge in [0.2, 0.25) is 0 Å². The number of benzene rings is 1. The molecule has 13 heavy (non-hydrogen) atoms. The fraction of sp³-hybridized carbons (Fsp3) is 0.100. The molecule has 1 rings (SSSR count). The third kappa shape index (κ3) is 2.06. The first-order valence-electron chi connectivity index (χ1n) is 3.68. The molecule has 0 aliphatic rings. The molecule has 0 unspecified atom stereocenters. The molecular weight excluding hydrogens is 169 g/mol. The zero-order valence-electron chi connectivity index (χ0n) is 7.12. The van der Waals surface area contributed by atoms with Crippen LogP contribution in [0.3, 0.4) is 0 Å². The second-order valence-electron chi connectivity index (χ2n) is 2.32. The summed E-state index contributed by atoms with van der Waals surface area (Å²) in [5, 5.41) is 8.29. The molecule has 0 saturated carbocycles. The molecule has 0 atom stereocenters. The minimum atomic E-state index is -0.428. The zero-order chi connectivity index (χ0) is 9.68. The van der Waals surface area contributed by atoms with Crippen molar-refractivity contribution in [3.63, 3.8) is 0 Å². The number of nitrogens with zero attached hydrogens (tertiary/aromatic N) is 1. The van der Waals surface area contributed by atoms with Crippen molar-refractivity contribution < 1.29 is 9.13 Å². The van der Waals surface area contributed by atoms with Gasteiger partial charge >= 0.3 is 0 Å². The first-order valence-corrected chi connectivity index (χ1v) is 3.68. The summed E-state index contributed by atoms with van der Waals surface area (Å²) in [6.07, 6.45) is 2.78. The highest BCUT2D eigenvalue weighted by Crippen LogP contribution is 2.22. The van der Waals surface area contributed by atoms with Gasteiger partial charge in [-0.05, 0) is 12.1 Å². The lowest BCUT2D eigenvalue weighted by Gasteiger charge is -2.04. The van der Waals surface area contributed by atoms with Crippen LogP contribution in [-0.4, -0.2) is 7.11 Å². The fourth-order valence-electron chi connectivity index (χ4n) is 0.999. The summed E-state index contributed by atoms with van der Waals surface area (Å²) in [6.45, 7) is 0. The summed E-state index contributed by atoms with van der Waals surface area (Å²) in [4.78, 5) is 0. The van der Waals surface area contributed by atoms with E-state index in [0.717, 1.165) is 0 Å². The Balaban J connectivity index is 3.14. The van der Waals surface area contributed by atoms with Crippen LogP contribution in [0.25, 0.3) is 6.08 Å². The van der Waals surface area contributed by atoms with E-state index in [9.17, 15) is 4.39 Å². The molecule has 0 bridgehead atoms. The number of halogens is 1. The molecule has 0 radical (unpaired) electrons. The normalized spacial score (nSPS) is 9.92. The van der Waals surface area contributed by atoms with Gasteiger partial charge in [-0.1, -0.05) is 12.1 Å². The van der Waals surface area contributed by atoms with E-state index in [1.54, 1.807) is 12.1 Å². The van der Waals surface area contributed by atoms with E-state index < -0.39 is 5.82 Å². The Hall–Kier alpha value is -1.82. The molecule has 0 aliphatic heterocycles. The first kappa shape index (κ1) is 9.27. The van der Waals surface area contributed by atoms with E-state index in [2.05, 4.69) is 0 Å². The van der Waals surface area contributed by atoms with Crippen LogP contribution in [0.5, 0.6) is 5.75 Å². The average Bonchev–Trinajstić information content (AvgIpc) is 2.15. The van der Waals surface area contributed by atoms with Crippen molar-refractivity contribution in [1.82, 2.24) is 0 Å². The number of rotatable bonds is 2. The molecule has 0 spiro atoms. The van der Waals surface area contributed by atoms with Crippen molar-refractivity contribution in [1.29, 1.82) is 5.26 Å². The molecule has 0 N–H and O–H groups in total. The summed E-state index contributed by atoms with van der Waals surface area (Å²) in [5.41, 5.74) is 0.559. The molecular formula is C10H8FNO. The van der Waals surface area contributed by atoms with Gasteiger partial charge in [-0.15, -0.1) is 0 Å². The molecule has 2 nitrogen and oxygen atoms in total. The fourth-order valence-corrected chi connectivity index (χ4v) is 0.999. The topological polar surface area (TPSA) is 33.0 Å². The van der Waals surface area contributed by atoms with E-state index in [-0.39, 0.29) is 5.75 Å². The lowest BCUT2D eigenvalue weighted by Crippen LogP contribution is -1.90. The van der Waals surface area contributed by atoms with Gasteiger partial charge in [0, 0.05) is 11.6 Å². The number of ether oxygens (including phenoxy) is 1. The highest BCUT2D eigenvalue weighted by Gasteiger charge is 2.04. The van der Waals surface area contributed by atoms with E-state index in [0.29, 0.717) is 5.56 Å². The van der Waals surface area contributed by atoms with Crippen molar-refractivity contribution in [2.45, 2.75) is 0 Å². The Labute approximate surface area is 75.9 Å². The van der Waals surface area contributed by atoms with Crippen LogP contribution < -0.4 is 4.74 Å². The standard InChI is InChI=1S/C10H8FNO/c1-13-10-8(5-3-7-12)4-2-6-9(10)11/h2-6H,1H3. The van der Waals surface area contributed by atoms with Crippen molar-refractivity contribution >= 4 is 6.08 Å². The van der Waals surface area contributed by atoms with Gasteiger partial charge < -0.3 is 4.74 Å². The van der Waals surface area contributed by atoms with Crippen LogP contribution in [-0.2, 0) is 0 Å². The molecule has 0 amide bonds. The third-order valence-electron chi connectivity index (χ3n) is 1.54. The number of para-hydroxylation sites is 1. The number of allylic oxidation sites excluding steroid dienone is 1. The minimum absolute atomic E-state index is 0.161. The monoisotopic (exact) mass is 177 g/mol. The predicted octanol–water partition coefficient (Wildman–Crippen LogP) is 2.37. The SMILES string of the molecule is COc1c(F)cccc1C=CC#N. The molecule has 1 aromatic rings. The molecule has 1 aromatic carbocycles. The van der Waals surface area contributed by atoms with E-state index in [4.69, 9.17) is 10.00 Å². The largest absolute Gasteiger partial charge is 0.493 e. The van der Waals surface area contributed by atoms with E-state index in [1.807, 2.05) is 6.07 Å². The number of hydrogen-bond acceptors (Lipinski definition) is 2. The maximum Gasteiger partial charge on any atom is 0.165 e. The maximum absolute atomic E-state index is 13.0. The molecule has 0 saturated heterocycles. The predicted molar refractivity (Wildman–Crippen MR) is 47.6 cm³/mol. The average molecular weight is 177 g/mol. The quantitative estimate of drug-likeness (QED) is 0.649. The molecule has 0 aromatic heterocycles. The Kier molecular flexibility index (Phi) is 3.04. The maximum atomic E-state index is 13.0. The highest BCUT2D eigenvalue weighted by molar-refractivity contribution is 5.59. The van der Waals surface area contributed by atoms with Crippen molar-refractivity contribution in [2.75, 3.05) is 7.11 Å². The zero-order valence-corrected chi connectivity index (χ0v) is 7.12. The van der Waals surface area contributed by atoms with Crippen molar-refractivity contribution in [3.8, 4) is 11.8 Å². The second kappa shape index (κ2) is 4.27. The smallest absolute Gasteiger partial charge is 0.165 e. The van der Waals surface area contributed by atoms with Crippen molar-refractivity contribution in [3.05, 3.63) is 35.7 Å². The van der Waals surface area contributed by atoms with Gasteiger partial charge in [0.05, 0.1) is 13.2 Å². The van der Waals surface area contributed by atoms with Crippen molar-refractivity contribution in [2.24, 2.45) is 0 Å². The molecule has 0 heterocycles. The van der Waals surface area contributed by atoms with Gasteiger partial charge in [0.15, 0.2) is 11.6 Å². The van der Waals surface area contributed by atoms with Crippen LogP contribution in [0, 0.1) is 17.1 Å². The Morgan fingerprint density at radius 1 is 1.54 bits per heavy atom. The van der Waals surface area contributed by atoms with Gasteiger partial charge in [-0.2, -0.15) is 5.26 Å². The van der Waals surface area contributed by atoms with Crippen LogP contribution in [0.1, 0.15) is 5.56 Å². The van der Waals surface area contributed by atoms with Gasteiger partial charge in [-0.3, -0.25) is 0 Å². The van der Waals surface area contributed by atoms with E-state index in [1.165, 1.54) is 25.3 Å². The minimum Gasteiger partial charge on any atom is -0.493 e. The summed E-state index contributed by atoms with van der Waals surface area (Å²) < 4.78 is 17.9. The molecule has 0 fully saturated rings. The number of hydrogen-bond donors (Lipinski definition) is 0. The van der Waals surface area contributed by atoms with Crippen LogP contribution >= 0.6 is 0 Å². The molecule has 0 aliphatic carbocycles. The number of methoxy groups -OCH3 is 1. The lowest BCUT2D eigenvalue weighted by atomic mass is 10.2. The van der Waals surface area contributed by atoms with Gasteiger partial charge in [-0.25, -0.2) is 4.39 Å². The Morgan fingerprint density at radius 2 is 2.31 bits per heavy atom. The second-order valence-corrected chi connectivity index (χ2v) is 2.32. The highest BCUT2D eigenvalue weighted by atomic mass is 19.1. The summed E-state index contributed by atoms with van der Waals surface area (Å²) in [5.74, 6) is -0.267. The van der Waals surface area contributed by atoms with Gasteiger partial charge in [0.1, 0.15) is 0 Å². The van der Waals surface area contributed by atoms with Gasteiger partial charge in [0.25, 0.3) is 0 Å². The van der Waals surface area contributed by atoms with Crippen LogP contribution in [0.15, 0.2) is 24.3 Å². The first-order chi connectivity index (χ1) is 6.29. The van der Waals surface area contributed by atoms with Crippen LogP contribution in [0.4, 0.5) is 4.39 Å². The molecule has 66 valence electrons. The Morgan fingerprint density at radius 3 is 2.92 bits per heavy atom.